The Hall–Kier alpha value is -1.03. The quantitative estimate of drug-likeness (QED) is 0.559. The highest BCUT2D eigenvalue weighted by Gasteiger charge is 2.31. The molecular formula is C7H4F3N. The molecule has 1 rings (SSSR count). The predicted octanol–water partition coefficient (Wildman–Crippen LogP) is 1.94. The van der Waals surface area contributed by atoms with Gasteiger partial charge in [0.15, 0.2) is 0 Å². The second-order valence-corrected chi connectivity index (χ2v) is 2.02. The standard InChI is InChI=1S/C7H4F3N/c8-6-4-2-1-3-5(6)7(9,10)11/h1-4H. The van der Waals surface area contributed by atoms with Crippen LogP contribution in [0, 0.1) is 5.82 Å². The molecular weight excluding hydrogens is 155 g/mol. The van der Waals surface area contributed by atoms with Crippen molar-refractivity contribution in [2.24, 2.45) is 0 Å². The van der Waals surface area contributed by atoms with Gasteiger partial charge in [-0.1, -0.05) is 17.9 Å². The molecule has 0 spiro atoms. The number of rotatable bonds is 1. The zero-order chi connectivity index (χ0) is 8.48. The van der Waals surface area contributed by atoms with Gasteiger partial charge in [0.25, 0.3) is 0 Å². The van der Waals surface area contributed by atoms with Crippen LogP contribution >= 0.6 is 0 Å². The fourth-order valence-corrected chi connectivity index (χ4v) is 0.705. The summed E-state index contributed by atoms with van der Waals surface area (Å²) in [5.74, 6) is -1.11. The molecule has 0 atom stereocenters. The zero-order valence-corrected chi connectivity index (χ0v) is 5.39. The maximum absolute atomic E-state index is 12.4. The highest BCUT2D eigenvalue weighted by Crippen LogP contribution is 2.25. The summed E-state index contributed by atoms with van der Waals surface area (Å²) in [6, 6.07) is 0.0905. The first kappa shape index (κ1) is 8.07. The Morgan fingerprint density at radius 2 is 1.73 bits per heavy atom. The maximum atomic E-state index is 12.4. The lowest BCUT2D eigenvalue weighted by Gasteiger charge is -2.07. The van der Waals surface area contributed by atoms with E-state index < -0.39 is 17.4 Å². The van der Waals surface area contributed by atoms with Crippen molar-refractivity contribution in [1.82, 2.24) is 5.73 Å². The van der Waals surface area contributed by atoms with Crippen LogP contribution in [0.2, 0.25) is 0 Å². The highest BCUT2D eigenvalue weighted by molar-refractivity contribution is 5.20. The largest absolute Gasteiger partial charge is 0.362 e. The average Bonchev–Trinajstić information content (AvgIpc) is 1.86. The second kappa shape index (κ2) is 2.54. The van der Waals surface area contributed by atoms with E-state index in [4.69, 9.17) is 5.73 Å². The summed E-state index contributed by atoms with van der Waals surface area (Å²) in [6.07, 6.45) is 0. The number of nitrogens with zero attached hydrogens (tertiary/aromatic N) is 1. The van der Waals surface area contributed by atoms with Gasteiger partial charge in [0.05, 0.1) is 5.56 Å². The monoisotopic (exact) mass is 159 g/mol. The molecule has 0 aliphatic heterocycles. The lowest BCUT2D eigenvalue weighted by molar-refractivity contribution is -0.00945. The molecule has 0 aromatic heterocycles. The first-order valence-electron chi connectivity index (χ1n) is 2.87. The third kappa shape index (κ3) is 1.71. The molecule has 11 heavy (non-hydrogen) atoms. The second-order valence-electron chi connectivity index (χ2n) is 2.02. The molecule has 1 aromatic carbocycles. The third-order valence-electron chi connectivity index (χ3n) is 1.20. The molecule has 2 radical (unpaired) electrons. The Kier molecular flexibility index (Phi) is 1.87. The van der Waals surface area contributed by atoms with Gasteiger partial charge in [-0.2, -0.15) is 8.78 Å². The van der Waals surface area contributed by atoms with Gasteiger partial charge < -0.3 is 0 Å². The molecule has 0 saturated carbocycles. The molecule has 1 aromatic rings. The average molecular weight is 159 g/mol. The number of halogens is 3. The molecule has 0 amide bonds. The normalized spacial score (nSPS) is 11.6. The van der Waals surface area contributed by atoms with Gasteiger partial charge in [-0.05, 0) is 12.1 Å². The van der Waals surface area contributed by atoms with Crippen molar-refractivity contribution in [2.75, 3.05) is 0 Å². The van der Waals surface area contributed by atoms with Gasteiger partial charge in [-0.25, -0.2) is 4.39 Å². The van der Waals surface area contributed by atoms with E-state index in [0.29, 0.717) is 0 Å². The fourth-order valence-electron chi connectivity index (χ4n) is 0.705. The molecule has 58 valence electrons. The van der Waals surface area contributed by atoms with Crippen LogP contribution < -0.4 is 5.73 Å². The molecule has 0 fully saturated rings. The molecule has 0 saturated heterocycles. The smallest absolute Gasteiger partial charge is 0.206 e. The molecule has 0 unspecified atom stereocenters. The van der Waals surface area contributed by atoms with Crippen molar-refractivity contribution >= 4 is 0 Å². The van der Waals surface area contributed by atoms with Crippen LogP contribution in [0.1, 0.15) is 5.56 Å². The first-order chi connectivity index (χ1) is 5.02. The predicted molar refractivity (Wildman–Crippen MR) is 32.4 cm³/mol. The summed E-state index contributed by atoms with van der Waals surface area (Å²) in [7, 11) is 0. The maximum Gasteiger partial charge on any atom is 0.362 e. The fraction of sp³-hybridized carbons (Fsp3) is 0.143. The van der Waals surface area contributed by atoms with E-state index in [2.05, 4.69) is 0 Å². The van der Waals surface area contributed by atoms with Crippen molar-refractivity contribution in [3.63, 3.8) is 0 Å². The Morgan fingerprint density at radius 1 is 1.18 bits per heavy atom. The van der Waals surface area contributed by atoms with Crippen molar-refractivity contribution in [3.05, 3.63) is 35.6 Å². The Labute approximate surface area is 61.6 Å². The van der Waals surface area contributed by atoms with Gasteiger partial charge in [0.1, 0.15) is 5.82 Å². The third-order valence-corrected chi connectivity index (χ3v) is 1.20. The lowest BCUT2D eigenvalue weighted by atomic mass is 10.2. The van der Waals surface area contributed by atoms with E-state index in [1.807, 2.05) is 0 Å². The molecule has 1 nitrogen and oxygen atoms in total. The van der Waals surface area contributed by atoms with E-state index in [-0.39, 0.29) is 0 Å². The van der Waals surface area contributed by atoms with E-state index in [0.717, 1.165) is 12.1 Å². The number of benzene rings is 1. The number of hydrogen-bond donors (Lipinski definition) is 0. The van der Waals surface area contributed by atoms with Gasteiger partial charge in [-0.15, -0.1) is 0 Å². The summed E-state index contributed by atoms with van der Waals surface area (Å²) in [5.41, 5.74) is 7.10. The van der Waals surface area contributed by atoms with Gasteiger partial charge in [0.2, 0.25) is 0 Å². The minimum absolute atomic E-state index is 0.829. The van der Waals surface area contributed by atoms with Crippen LogP contribution in [0.15, 0.2) is 24.3 Å². The Balaban J connectivity index is 3.14. The first-order valence-corrected chi connectivity index (χ1v) is 2.87. The Bertz CT molecular complexity index is 254. The van der Waals surface area contributed by atoms with Crippen LogP contribution in [-0.2, 0) is 6.05 Å². The van der Waals surface area contributed by atoms with Crippen LogP contribution in [-0.4, -0.2) is 0 Å². The van der Waals surface area contributed by atoms with Crippen molar-refractivity contribution < 1.29 is 13.2 Å². The van der Waals surface area contributed by atoms with E-state index >= 15 is 0 Å². The molecule has 0 N–H and O–H groups in total. The summed E-state index contributed by atoms with van der Waals surface area (Å²) in [5, 5.41) is 0. The van der Waals surface area contributed by atoms with Crippen LogP contribution in [0.5, 0.6) is 0 Å². The van der Waals surface area contributed by atoms with Gasteiger partial charge >= 0.3 is 6.05 Å². The molecule has 0 heterocycles. The SMILES string of the molecule is [N]C(F)(F)c1ccccc1F. The minimum Gasteiger partial charge on any atom is -0.206 e. The summed E-state index contributed by atoms with van der Waals surface area (Å²) < 4.78 is 36.5. The van der Waals surface area contributed by atoms with E-state index in [9.17, 15) is 13.2 Å². The van der Waals surface area contributed by atoms with Crippen LogP contribution in [0.4, 0.5) is 13.2 Å². The number of hydrogen-bond acceptors (Lipinski definition) is 0. The molecule has 0 bridgehead atoms. The zero-order valence-electron chi connectivity index (χ0n) is 5.39. The lowest BCUT2D eigenvalue weighted by Crippen LogP contribution is -2.15. The Morgan fingerprint density at radius 3 is 2.09 bits per heavy atom. The van der Waals surface area contributed by atoms with Crippen LogP contribution in [0.3, 0.4) is 0 Å². The summed E-state index contributed by atoms with van der Waals surface area (Å²) in [4.78, 5) is 0. The molecule has 4 heteroatoms. The van der Waals surface area contributed by atoms with E-state index in [1.165, 1.54) is 12.1 Å². The van der Waals surface area contributed by atoms with Crippen molar-refractivity contribution in [2.45, 2.75) is 6.05 Å². The summed E-state index contributed by atoms with van der Waals surface area (Å²) >= 11 is 0. The highest BCUT2D eigenvalue weighted by atomic mass is 19.3. The van der Waals surface area contributed by atoms with Gasteiger partial charge in [-0.3, -0.25) is 0 Å². The van der Waals surface area contributed by atoms with E-state index in [1.54, 1.807) is 0 Å². The minimum atomic E-state index is -4.09. The van der Waals surface area contributed by atoms with Crippen LogP contribution in [0.25, 0.3) is 0 Å². The molecule has 0 aliphatic carbocycles. The summed E-state index contributed by atoms with van der Waals surface area (Å²) in [6.45, 7) is 0. The number of alkyl halides is 2. The molecule has 0 aliphatic rings. The van der Waals surface area contributed by atoms with Crippen molar-refractivity contribution in [1.29, 1.82) is 0 Å². The topological polar surface area (TPSA) is 22.3 Å². The van der Waals surface area contributed by atoms with Crippen molar-refractivity contribution in [3.8, 4) is 0 Å². The van der Waals surface area contributed by atoms with Gasteiger partial charge in [0, 0.05) is 0 Å².